The van der Waals surface area contributed by atoms with Gasteiger partial charge in [-0.05, 0) is 67.4 Å². The van der Waals surface area contributed by atoms with Crippen molar-refractivity contribution in [2.45, 2.75) is 18.7 Å². The lowest BCUT2D eigenvalue weighted by atomic mass is 10.0. The number of amides is 3. The third-order valence-corrected chi connectivity index (χ3v) is 7.59. The highest BCUT2D eigenvalue weighted by atomic mass is 32.2. The zero-order valence-corrected chi connectivity index (χ0v) is 20.5. The fourth-order valence-corrected chi connectivity index (χ4v) is 6.17. The van der Waals surface area contributed by atoms with Crippen LogP contribution in [0.1, 0.15) is 16.7 Å². The number of ether oxygens (including phenoxy) is 1. The number of anilines is 3. The molecule has 3 aromatic carbocycles. The Labute approximate surface area is 208 Å². The fraction of sp³-hybridized carbons (Fsp3) is 0.222. The van der Waals surface area contributed by atoms with Crippen molar-refractivity contribution in [2.75, 3.05) is 34.5 Å². The molecular weight excluding hydrogens is 462 g/mol. The van der Waals surface area contributed by atoms with E-state index in [0.717, 1.165) is 16.7 Å². The lowest BCUT2D eigenvalue weighted by Gasteiger charge is -2.33. The van der Waals surface area contributed by atoms with Gasteiger partial charge in [-0.15, -0.1) is 11.8 Å². The molecule has 0 aromatic heterocycles. The number of thioether (sulfide) groups is 1. The Bertz CT molecular complexity index is 1320. The molecule has 2 heterocycles. The van der Waals surface area contributed by atoms with E-state index in [4.69, 9.17) is 4.74 Å². The van der Waals surface area contributed by atoms with E-state index >= 15 is 0 Å². The van der Waals surface area contributed by atoms with Crippen LogP contribution in [0.15, 0.2) is 66.7 Å². The van der Waals surface area contributed by atoms with E-state index in [-0.39, 0.29) is 30.0 Å². The van der Waals surface area contributed by atoms with Crippen molar-refractivity contribution in [3.63, 3.8) is 0 Å². The molecule has 7 nitrogen and oxygen atoms in total. The van der Waals surface area contributed by atoms with Crippen LogP contribution in [0.5, 0.6) is 5.75 Å². The second-order valence-electron chi connectivity index (χ2n) is 8.69. The highest BCUT2D eigenvalue weighted by molar-refractivity contribution is 8.02. The molecule has 0 bridgehead atoms. The first-order valence-electron chi connectivity index (χ1n) is 11.2. The molecule has 5 rings (SSSR count). The van der Waals surface area contributed by atoms with Crippen LogP contribution >= 0.6 is 11.8 Å². The highest BCUT2D eigenvalue weighted by Crippen LogP contribution is 2.55. The Hall–Kier alpha value is -3.78. The summed E-state index contributed by atoms with van der Waals surface area (Å²) in [7, 11) is 1.58. The minimum atomic E-state index is -1.24. The third kappa shape index (κ3) is 3.83. The number of aryl methyl sites for hydroxylation is 2. The van der Waals surface area contributed by atoms with Crippen LogP contribution < -0.4 is 19.9 Å². The SMILES string of the molecule is COc1ccc(NC(=O)CN2C(=O)[C@@]3(SCC(=O)N3c3cc(C)cc(C)c3)c3ccccc32)cc1. The maximum Gasteiger partial charge on any atom is 0.269 e. The van der Waals surface area contributed by atoms with Gasteiger partial charge in [0.25, 0.3) is 5.91 Å². The quantitative estimate of drug-likeness (QED) is 0.583. The maximum absolute atomic E-state index is 14.1. The second kappa shape index (κ2) is 8.78. The van der Waals surface area contributed by atoms with E-state index < -0.39 is 4.87 Å². The van der Waals surface area contributed by atoms with Gasteiger partial charge in [-0.1, -0.05) is 24.3 Å². The lowest BCUT2D eigenvalue weighted by molar-refractivity contribution is -0.124. The van der Waals surface area contributed by atoms with Crippen LogP contribution in [0.3, 0.4) is 0 Å². The van der Waals surface area contributed by atoms with Gasteiger partial charge in [-0.3, -0.25) is 24.2 Å². The molecule has 1 N–H and O–H groups in total. The molecule has 1 fully saturated rings. The van der Waals surface area contributed by atoms with Gasteiger partial charge >= 0.3 is 0 Å². The largest absolute Gasteiger partial charge is 0.497 e. The lowest BCUT2D eigenvalue weighted by Crippen LogP contribution is -2.51. The molecule has 35 heavy (non-hydrogen) atoms. The molecule has 0 radical (unpaired) electrons. The zero-order valence-electron chi connectivity index (χ0n) is 19.7. The van der Waals surface area contributed by atoms with E-state index in [1.807, 2.05) is 56.3 Å². The average Bonchev–Trinajstić information content (AvgIpc) is 3.30. The van der Waals surface area contributed by atoms with Crippen molar-refractivity contribution in [1.82, 2.24) is 0 Å². The van der Waals surface area contributed by atoms with Crippen molar-refractivity contribution < 1.29 is 19.1 Å². The number of para-hydroxylation sites is 1. The van der Waals surface area contributed by atoms with Gasteiger partial charge in [0.1, 0.15) is 12.3 Å². The predicted molar refractivity (Wildman–Crippen MR) is 138 cm³/mol. The van der Waals surface area contributed by atoms with E-state index in [9.17, 15) is 14.4 Å². The Kier molecular flexibility index (Phi) is 5.76. The van der Waals surface area contributed by atoms with Gasteiger partial charge in [0.2, 0.25) is 16.7 Å². The summed E-state index contributed by atoms with van der Waals surface area (Å²) in [6, 6.07) is 20.3. The molecule has 178 valence electrons. The molecule has 2 aliphatic heterocycles. The van der Waals surface area contributed by atoms with Gasteiger partial charge in [0.05, 0.1) is 18.6 Å². The number of nitrogens with zero attached hydrogens (tertiary/aromatic N) is 2. The van der Waals surface area contributed by atoms with Crippen LogP contribution in [-0.4, -0.2) is 37.1 Å². The fourth-order valence-electron chi connectivity index (χ4n) is 4.81. The normalized spacial score (nSPS) is 18.8. The van der Waals surface area contributed by atoms with E-state index in [1.165, 1.54) is 16.7 Å². The van der Waals surface area contributed by atoms with Gasteiger partial charge in [0, 0.05) is 16.9 Å². The van der Waals surface area contributed by atoms with E-state index in [2.05, 4.69) is 5.32 Å². The molecule has 0 unspecified atom stereocenters. The molecule has 3 aromatic rings. The summed E-state index contributed by atoms with van der Waals surface area (Å²) in [6.45, 7) is 3.77. The van der Waals surface area contributed by atoms with Crippen molar-refractivity contribution in [1.29, 1.82) is 0 Å². The first-order chi connectivity index (χ1) is 16.8. The number of rotatable bonds is 5. The summed E-state index contributed by atoms with van der Waals surface area (Å²) < 4.78 is 5.16. The average molecular weight is 488 g/mol. The Morgan fingerprint density at radius 2 is 1.71 bits per heavy atom. The molecule has 0 aliphatic carbocycles. The van der Waals surface area contributed by atoms with Crippen LogP contribution in [-0.2, 0) is 19.3 Å². The van der Waals surface area contributed by atoms with Gasteiger partial charge in [-0.25, -0.2) is 0 Å². The van der Waals surface area contributed by atoms with Crippen LogP contribution in [0.4, 0.5) is 17.1 Å². The summed E-state index contributed by atoms with van der Waals surface area (Å²) >= 11 is 1.30. The summed E-state index contributed by atoms with van der Waals surface area (Å²) in [6.07, 6.45) is 0. The summed E-state index contributed by atoms with van der Waals surface area (Å²) in [5, 5.41) is 2.84. The van der Waals surface area contributed by atoms with Crippen molar-refractivity contribution >= 4 is 46.5 Å². The predicted octanol–water partition coefficient (Wildman–Crippen LogP) is 4.23. The number of carbonyl (C=O) groups is 3. The Morgan fingerprint density at radius 1 is 1.03 bits per heavy atom. The minimum absolute atomic E-state index is 0.132. The summed E-state index contributed by atoms with van der Waals surface area (Å²) in [5.41, 5.74) is 4.66. The third-order valence-electron chi connectivity index (χ3n) is 6.20. The number of hydrogen-bond donors (Lipinski definition) is 1. The molecule has 1 spiro atoms. The number of hydrogen-bond acceptors (Lipinski definition) is 5. The minimum Gasteiger partial charge on any atom is -0.497 e. The van der Waals surface area contributed by atoms with Crippen molar-refractivity contribution in [3.05, 3.63) is 83.4 Å². The molecule has 3 amide bonds. The van der Waals surface area contributed by atoms with Gasteiger partial charge in [0.15, 0.2) is 0 Å². The Balaban J connectivity index is 1.50. The maximum atomic E-state index is 14.1. The number of fused-ring (bicyclic) bond motifs is 2. The first-order valence-corrected chi connectivity index (χ1v) is 12.2. The molecule has 0 saturated carbocycles. The monoisotopic (exact) mass is 487 g/mol. The second-order valence-corrected chi connectivity index (χ2v) is 9.86. The van der Waals surface area contributed by atoms with E-state index in [0.29, 0.717) is 22.8 Å². The number of nitrogens with one attached hydrogen (secondary N) is 1. The van der Waals surface area contributed by atoms with Crippen LogP contribution in [0.2, 0.25) is 0 Å². The van der Waals surface area contributed by atoms with Crippen LogP contribution in [0.25, 0.3) is 0 Å². The topological polar surface area (TPSA) is 79.0 Å². The number of methoxy groups -OCH3 is 1. The standard InChI is InChI=1S/C27H25N3O4S/c1-17-12-18(2)14-20(13-17)30-25(32)16-35-27(30)22-6-4-5-7-23(22)29(26(27)33)15-24(31)28-19-8-10-21(34-3)11-9-19/h4-14H,15-16H2,1-3H3,(H,28,31)/t27-/m0/s1. The van der Waals surface area contributed by atoms with Gasteiger partial charge < -0.3 is 10.1 Å². The Morgan fingerprint density at radius 3 is 2.40 bits per heavy atom. The van der Waals surface area contributed by atoms with E-state index in [1.54, 1.807) is 36.3 Å². The van der Waals surface area contributed by atoms with Crippen molar-refractivity contribution in [2.24, 2.45) is 0 Å². The van der Waals surface area contributed by atoms with Gasteiger partial charge in [-0.2, -0.15) is 0 Å². The van der Waals surface area contributed by atoms with Crippen molar-refractivity contribution in [3.8, 4) is 5.75 Å². The molecule has 8 heteroatoms. The number of carbonyl (C=O) groups excluding carboxylic acids is 3. The highest BCUT2D eigenvalue weighted by Gasteiger charge is 2.61. The van der Waals surface area contributed by atoms with Crippen LogP contribution in [0, 0.1) is 13.8 Å². The molecular formula is C27H25N3O4S. The molecule has 1 atom stereocenters. The zero-order chi connectivity index (χ0) is 24.7. The smallest absolute Gasteiger partial charge is 0.269 e. The molecule has 1 saturated heterocycles. The first kappa shape index (κ1) is 23.0. The summed E-state index contributed by atoms with van der Waals surface area (Å²) in [5.74, 6) is 0.107. The summed E-state index contributed by atoms with van der Waals surface area (Å²) in [4.78, 5) is 42.1. The molecule has 2 aliphatic rings. The number of benzene rings is 3.